The minimum Gasteiger partial charge on any atom is -0.455 e. The molecular weight excluding hydrogens is 462 g/mol. The average molecular weight is 482 g/mol. The van der Waals surface area contributed by atoms with Crippen molar-refractivity contribution in [2.75, 3.05) is 11.9 Å². The maximum Gasteiger partial charge on any atom is 0.308 e. The van der Waals surface area contributed by atoms with Crippen molar-refractivity contribution in [3.63, 3.8) is 0 Å². The summed E-state index contributed by atoms with van der Waals surface area (Å²) >= 11 is 5.76. The number of halogens is 1. The zero-order valence-electron chi connectivity index (χ0n) is 17.8. The second kappa shape index (κ2) is 11.6. The first-order valence-corrected chi connectivity index (χ1v) is 10.5. The molecule has 1 atom stereocenters. The Morgan fingerprint density at radius 2 is 1.62 bits per heavy atom. The van der Waals surface area contributed by atoms with Gasteiger partial charge in [0.15, 0.2) is 6.61 Å². The number of hydrogen-bond acceptors (Lipinski definition) is 6. The Labute approximate surface area is 199 Å². The molecule has 0 aliphatic heterocycles. The smallest absolute Gasteiger partial charge is 0.308 e. The van der Waals surface area contributed by atoms with Gasteiger partial charge in [-0.3, -0.25) is 24.5 Å². The summed E-state index contributed by atoms with van der Waals surface area (Å²) in [5.74, 6) is -1.86. The Balaban J connectivity index is 1.62. The zero-order chi connectivity index (χ0) is 24.5. The summed E-state index contributed by atoms with van der Waals surface area (Å²) in [5, 5.41) is 16.4. The SMILES string of the molecule is O=C(COC(=O)CC(NC(=O)c1ccccc1)c1ccccc1)Nc1ccc(Cl)cc1[N+](=O)[O-]. The van der Waals surface area contributed by atoms with Gasteiger partial charge >= 0.3 is 5.97 Å². The normalized spacial score (nSPS) is 11.2. The second-order valence-electron chi connectivity index (χ2n) is 7.13. The molecule has 34 heavy (non-hydrogen) atoms. The molecule has 3 aromatic rings. The standard InChI is InChI=1S/C24H20ClN3O6/c25-18-11-12-19(21(13-18)28(32)33)26-22(29)15-34-23(30)14-20(16-7-3-1-4-8-16)27-24(31)17-9-5-2-6-10-17/h1-13,20H,14-15H2,(H,26,29)(H,27,31). The molecule has 0 spiro atoms. The van der Waals surface area contributed by atoms with Crippen molar-refractivity contribution in [3.8, 4) is 0 Å². The number of anilines is 1. The molecule has 0 bridgehead atoms. The number of esters is 1. The summed E-state index contributed by atoms with van der Waals surface area (Å²) in [5.41, 5.74) is 0.651. The van der Waals surface area contributed by atoms with Gasteiger partial charge < -0.3 is 15.4 Å². The lowest BCUT2D eigenvalue weighted by Crippen LogP contribution is -2.31. The number of nitro groups is 1. The molecule has 0 saturated heterocycles. The van der Waals surface area contributed by atoms with Crippen LogP contribution in [0.4, 0.5) is 11.4 Å². The maximum atomic E-state index is 12.6. The largest absolute Gasteiger partial charge is 0.455 e. The highest BCUT2D eigenvalue weighted by atomic mass is 35.5. The summed E-state index contributed by atoms with van der Waals surface area (Å²) < 4.78 is 5.04. The van der Waals surface area contributed by atoms with E-state index >= 15 is 0 Å². The van der Waals surface area contributed by atoms with Crippen LogP contribution in [0.25, 0.3) is 0 Å². The monoisotopic (exact) mass is 481 g/mol. The Kier molecular flexibility index (Phi) is 8.31. The van der Waals surface area contributed by atoms with Gasteiger partial charge in [0.25, 0.3) is 17.5 Å². The summed E-state index contributed by atoms with van der Waals surface area (Å²) in [6, 6.07) is 20.5. The molecule has 0 heterocycles. The fourth-order valence-electron chi connectivity index (χ4n) is 3.09. The lowest BCUT2D eigenvalue weighted by Gasteiger charge is -2.19. The minimum absolute atomic E-state index is 0.0762. The van der Waals surface area contributed by atoms with Gasteiger partial charge in [-0.25, -0.2) is 0 Å². The number of nitro benzene ring substituents is 1. The van der Waals surface area contributed by atoms with Crippen molar-refractivity contribution < 1.29 is 24.0 Å². The molecule has 9 nitrogen and oxygen atoms in total. The molecule has 174 valence electrons. The third-order valence-electron chi connectivity index (χ3n) is 4.71. The van der Waals surface area contributed by atoms with Gasteiger partial charge in [-0.15, -0.1) is 0 Å². The number of benzene rings is 3. The molecule has 1 unspecified atom stereocenters. The summed E-state index contributed by atoms with van der Waals surface area (Å²) in [6.45, 7) is -0.660. The van der Waals surface area contributed by atoms with Crippen molar-refractivity contribution >= 4 is 40.8 Å². The molecular formula is C24H20ClN3O6. The molecule has 3 aromatic carbocycles. The lowest BCUT2D eigenvalue weighted by molar-refractivity contribution is -0.383. The first-order valence-electron chi connectivity index (χ1n) is 10.1. The minimum atomic E-state index is -0.761. The van der Waals surface area contributed by atoms with Gasteiger partial charge in [0, 0.05) is 16.7 Å². The van der Waals surface area contributed by atoms with Crippen molar-refractivity contribution in [3.05, 3.63) is 105 Å². The van der Waals surface area contributed by atoms with E-state index in [4.69, 9.17) is 16.3 Å². The van der Waals surface area contributed by atoms with E-state index in [-0.39, 0.29) is 28.7 Å². The first-order chi connectivity index (χ1) is 16.3. The van der Waals surface area contributed by atoms with E-state index in [1.54, 1.807) is 60.7 Å². The molecule has 10 heteroatoms. The molecule has 0 saturated carbocycles. The van der Waals surface area contributed by atoms with Crippen molar-refractivity contribution in [1.29, 1.82) is 0 Å². The van der Waals surface area contributed by atoms with Crippen LogP contribution >= 0.6 is 11.6 Å². The fraction of sp³-hybridized carbons (Fsp3) is 0.125. The van der Waals surface area contributed by atoms with Crippen LogP contribution in [0.2, 0.25) is 5.02 Å². The Hall–Kier alpha value is -4.24. The van der Waals surface area contributed by atoms with Crippen LogP contribution in [0.5, 0.6) is 0 Å². The Morgan fingerprint density at radius 1 is 0.971 bits per heavy atom. The molecule has 0 fully saturated rings. The van der Waals surface area contributed by atoms with Gasteiger partial charge in [0.05, 0.1) is 17.4 Å². The molecule has 2 amide bonds. The Morgan fingerprint density at radius 3 is 2.26 bits per heavy atom. The lowest BCUT2D eigenvalue weighted by atomic mass is 10.0. The van der Waals surface area contributed by atoms with Crippen LogP contribution in [0.3, 0.4) is 0 Å². The van der Waals surface area contributed by atoms with Crippen LogP contribution in [0, 0.1) is 10.1 Å². The predicted molar refractivity (Wildman–Crippen MR) is 125 cm³/mol. The quantitative estimate of drug-likeness (QED) is 0.266. The van der Waals surface area contributed by atoms with Crippen LogP contribution in [-0.4, -0.2) is 29.3 Å². The van der Waals surface area contributed by atoms with Crippen LogP contribution < -0.4 is 10.6 Å². The molecule has 0 aliphatic carbocycles. The van der Waals surface area contributed by atoms with E-state index in [0.29, 0.717) is 11.1 Å². The number of ether oxygens (including phenoxy) is 1. The number of nitrogens with zero attached hydrogens (tertiary/aromatic N) is 1. The number of hydrogen-bond donors (Lipinski definition) is 2. The molecule has 0 radical (unpaired) electrons. The van der Waals surface area contributed by atoms with Crippen molar-refractivity contribution in [2.24, 2.45) is 0 Å². The van der Waals surface area contributed by atoms with E-state index in [1.165, 1.54) is 12.1 Å². The number of nitrogens with one attached hydrogen (secondary N) is 2. The maximum absolute atomic E-state index is 12.6. The second-order valence-corrected chi connectivity index (χ2v) is 7.57. The highest BCUT2D eigenvalue weighted by Crippen LogP contribution is 2.27. The average Bonchev–Trinajstić information content (AvgIpc) is 2.84. The summed E-state index contributed by atoms with van der Waals surface area (Å²) in [4.78, 5) is 47.7. The third-order valence-corrected chi connectivity index (χ3v) is 4.94. The first kappa shape index (κ1) is 24.4. The third kappa shape index (κ3) is 6.88. The van der Waals surface area contributed by atoms with Gasteiger partial charge in [0.2, 0.25) is 0 Å². The van der Waals surface area contributed by atoms with Gasteiger partial charge in [0.1, 0.15) is 5.69 Å². The van der Waals surface area contributed by atoms with Crippen LogP contribution in [-0.2, 0) is 14.3 Å². The number of rotatable bonds is 9. The van der Waals surface area contributed by atoms with E-state index in [1.807, 2.05) is 0 Å². The van der Waals surface area contributed by atoms with Gasteiger partial charge in [-0.05, 0) is 29.8 Å². The van der Waals surface area contributed by atoms with E-state index in [0.717, 1.165) is 6.07 Å². The van der Waals surface area contributed by atoms with Crippen LogP contribution in [0.15, 0.2) is 78.9 Å². The highest BCUT2D eigenvalue weighted by molar-refractivity contribution is 6.31. The zero-order valence-corrected chi connectivity index (χ0v) is 18.5. The Bertz CT molecular complexity index is 1190. The summed E-state index contributed by atoms with van der Waals surface area (Å²) in [6.07, 6.45) is -0.225. The topological polar surface area (TPSA) is 128 Å². The van der Waals surface area contributed by atoms with Crippen molar-refractivity contribution in [1.82, 2.24) is 5.32 Å². The number of carbonyl (C=O) groups excluding carboxylic acids is 3. The van der Waals surface area contributed by atoms with E-state index < -0.39 is 29.4 Å². The highest BCUT2D eigenvalue weighted by Gasteiger charge is 2.22. The predicted octanol–water partition coefficient (Wildman–Crippen LogP) is 4.29. The molecule has 0 aromatic heterocycles. The summed E-state index contributed by atoms with van der Waals surface area (Å²) in [7, 11) is 0. The molecule has 3 rings (SSSR count). The number of amides is 2. The molecule has 2 N–H and O–H groups in total. The van der Waals surface area contributed by atoms with E-state index in [2.05, 4.69) is 10.6 Å². The molecule has 0 aliphatic rings. The van der Waals surface area contributed by atoms with Crippen LogP contribution in [0.1, 0.15) is 28.4 Å². The van der Waals surface area contributed by atoms with E-state index in [9.17, 15) is 24.5 Å². The van der Waals surface area contributed by atoms with Gasteiger partial charge in [-0.1, -0.05) is 60.1 Å². The number of carbonyl (C=O) groups is 3. The van der Waals surface area contributed by atoms with Crippen molar-refractivity contribution in [2.45, 2.75) is 12.5 Å². The van der Waals surface area contributed by atoms with Gasteiger partial charge in [-0.2, -0.15) is 0 Å². The fourth-order valence-corrected chi connectivity index (χ4v) is 3.25.